The highest BCUT2D eigenvalue weighted by Gasteiger charge is 2.41. The summed E-state index contributed by atoms with van der Waals surface area (Å²) in [6.45, 7) is 6.47. The van der Waals surface area contributed by atoms with E-state index >= 15 is 0 Å². The van der Waals surface area contributed by atoms with Gasteiger partial charge in [-0.1, -0.05) is 30.7 Å². The van der Waals surface area contributed by atoms with Crippen LogP contribution in [0.1, 0.15) is 50.2 Å². The van der Waals surface area contributed by atoms with Crippen LogP contribution in [0, 0.1) is 5.41 Å². The van der Waals surface area contributed by atoms with Gasteiger partial charge in [0.2, 0.25) is 5.91 Å². The number of likely N-dealkylation sites (tertiary alicyclic amines) is 1. The first-order valence-corrected chi connectivity index (χ1v) is 12.7. The predicted molar refractivity (Wildman–Crippen MR) is 131 cm³/mol. The molecular formula is C28H36N2O4. The Balaban J connectivity index is 1.23. The van der Waals surface area contributed by atoms with E-state index in [1.165, 1.54) is 11.1 Å². The molecule has 0 aromatic heterocycles. The number of hydrogen-bond acceptors (Lipinski definition) is 5. The van der Waals surface area contributed by atoms with Gasteiger partial charge in [0, 0.05) is 6.54 Å². The predicted octanol–water partition coefficient (Wildman–Crippen LogP) is 4.35. The summed E-state index contributed by atoms with van der Waals surface area (Å²) in [7, 11) is 0. The zero-order valence-corrected chi connectivity index (χ0v) is 20.2. The van der Waals surface area contributed by atoms with Crippen LogP contribution in [0.3, 0.4) is 0 Å². The van der Waals surface area contributed by atoms with Crippen LogP contribution in [-0.2, 0) is 17.8 Å². The quantitative estimate of drug-likeness (QED) is 0.716. The first kappa shape index (κ1) is 23.0. The number of nitrogens with one attached hydrogen (secondary N) is 1. The minimum Gasteiger partial charge on any atom is -0.491 e. The molecule has 0 bridgehead atoms. The molecule has 3 aliphatic heterocycles. The third kappa shape index (κ3) is 5.17. The third-order valence-corrected chi connectivity index (χ3v) is 7.50. The van der Waals surface area contributed by atoms with Crippen molar-refractivity contribution in [3.63, 3.8) is 0 Å². The second-order valence-corrected chi connectivity index (χ2v) is 10.0. The molecular weight excluding hydrogens is 428 g/mol. The molecule has 6 heteroatoms. The van der Waals surface area contributed by atoms with Gasteiger partial charge in [-0.05, 0) is 81.4 Å². The van der Waals surface area contributed by atoms with E-state index in [0.717, 1.165) is 75.4 Å². The lowest BCUT2D eigenvalue weighted by Crippen LogP contribution is -2.51. The number of fused-ring (bicyclic) bond motifs is 2. The summed E-state index contributed by atoms with van der Waals surface area (Å²) >= 11 is 0. The zero-order valence-electron chi connectivity index (χ0n) is 20.2. The Bertz CT molecular complexity index is 1000. The molecule has 1 saturated heterocycles. The van der Waals surface area contributed by atoms with E-state index in [4.69, 9.17) is 14.2 Å². The van der Waals surface area contributed by atoms with Gasteiger partial charge in [0.1, 0.15) is 25.6 Å². The summed E-state index contributed by atoms with van der Waals surface area (Å²) in [4.78, 5) is 15.9. The van der Waals surface area contributed by atoms with Gasteiger partial charge in [-0.15, -0.1) is 0 Å². The van der Waals surface area contributed by atoms with Crippen LogP contribution < -0.4 is 19.5 Å². The number of carbonyl (C=O) groups excluding carboxylic acids is 1. The molecule has 6 nitrogen and oxygen atoms in total. The molecule has 34 heavy (non-hydrogen) atoms. The maximum Gasteiger partial charge on any atom is 0.226 e. The standard InChI is InChI=1S/C28H36N2O4/c1-21-20-34-24-8-3-2-6-23(24)7-4-5-11-28(27(31)29-21)12-14-30(15-13-28)19-22-9-10-25-26(18-22)33-17-16-32-25/h2-3,6,8-10,18,21H,4-5,7,11-17,19-20H2,1H3,(H,29,31)/t21-/m1/s1. The lowest BCUT2D eigenvalue weighted by molar-refractivity contribution is -0.135. The maximum absolute atomic E-state index is 13.5. The van der Waals surface area contributed by atoms with Crippen molar-refractivity contribution in [3.05, 3.63) is 53.6 Å². The van der Waals surface area contributed by atoms with Crippen LogP contribution in [0.4, 0.5) is 0 Å². The van der Waals surface area contributed by atoms with Crippen LogP contribution in [0.2, 0.25) is 0 Å². The molecule has 2 aromatic carbocycles. The van der Waals surface area contributed by atoms with Crippen molar-refractivity contribution in [2.45, 2.75) is 58.0 Å². The summed E-state index contributed by atoms with van der Waals surface area (Å²) in [5.74, 6) is 2.83. The molecule has 1 fully saturated rings. The first-order valence-electron chi connectivity index (χ1n) is 12.7. The van der Waals surface area contributed by atoms with E-state index < -0.39 is 0 Å². The second kappa shape index (κ2) is 10.3. The van der Waals surface area contributed by atoms with Crippen molar-refractivity contribution in [1.82, 2.24) is 10.2 Å². The molecule has 0 unspecified atom stereocenters. The number of ether oxygens (including phenoxy) is 3. The van der Waals surface area contributed by atoms with Crippen molar-refractivity contribution in [1.29, 1.82) is 0 Å². The minimum atomic E-state index is -0.281. The summed E-state index contributed by atoms with van der Waals surface area (Å²) in [6.07, 6.45) is 5.87. The van der Waals surface area contributed by atoms with Crippen molar-refractivity contribution >= 4 is 5.91 Å². The molecule has 1 N–H and O–H groups in total. The van der Waals surface area contributed by atoms with Crippen molar-refractivity contribution in [2.75, 3.05) is 32.9 Å². The SMILES string of the molecule is C[C@@H]1COc2ccccc2CCCCC2(CCN(Cc3ccc4c(c3)OCCO4)CC2)C(=O)N1. The van der Waals surface area contributed by atoms with Crippen molar-refractivity contribution in [2.24, 2.45) is 5.41 Å². The number of nitrogens with zero attached hydrogens (tertiary/aromatic N) is 1. The summed E-state index contributed by atoms with van der Waals surface area (Å²) in [5.41, 5.74) is 2.22. The Labute approximate surface area is 202 Å². The van der Waals surface area contributed by atoms with Crippen LogP contribution in [0.5, 0.6) is 17.2 Å². The van der Waals surface area contributed by atoms with E-state index in [2.05, 4.69) is 34.5 Å². The summed E-state index contributed by atoms with van der Waals surface area (Å²) in [5, 5.41) is 3.27. The highest BCUT2D eigenvalue weighted by Crippen LogP contribution is 2.39. The molecule has 3 aliphatic rings. The number of aryl methyl sites for hydroxylation is 1. The number of hydrogen-bond donors (Lipinski definition) is 1. The molecule has 2 aromatic rings. The molecule has 5 rings (SSSR count). The number of para-hydroxylation sites is 1. The van der Waals surface area contributed by atoms with Gasteiger partial charge in [0.25, 0.3) is 0 Å². The average molecular weight is 465 g/mol. The van der Waals surface area contributed by atoms with Gasteiger partial charge in [-0.3, -0.25) is 9.69 Å². The van der Waals surface area contributed by atoms with Crippen LogP contribution in [-0.4, -0.2) is 49.8 Å². The average Bonchev–Trinajstić information content (AvgIpc) is 2.86. The molecule has 0 saturated carbocycles. The van der Waals surface area contributed by atoms with Crippen LogP contribution in [0.25, 0.3) is 0 Å². The van der Waals surface area contributed by atoms with Gasteiger partial charge in [-0.2, -0.15) is 0 Å². The van der Waals surface area contributed by atoms with Gasteiger partial charge in [0.05, 0.1) is 11.5 Å². The van der Waals surface area contributed by atoms with E-state index in [9.17, 15) is 4.79 Å². The number of carbonyl (C=O) groups is 1. The smallest absolute Gasteiger partial charge is 0.226 e. The van der Waals surface area contributed by atoms with Crippen molar-refractivity contribution < 1.29 is 19.0 Å². The number of rotatable bonds is 2. The molecule has 1 amide bonds. The molecule has 182 valence electrons. The third-order valence-electron chi connectivity index (χ3n) is 7.50. The molecule has 1 spiro atoms. The van der Waals surface area contributed by atoms with E-state index in [1.54, 1.807) is 0 Å². The summed E-state index contributed by atoms with van der Waals surface area (Å²) in [6, 6.07) is 14.5. The monoisotopic (exact) mass is 464 g/mol. The number of benzene rings is 2. The van der Waals surface area contributed by atoms with Crippen LogP contribution in [0.15, 0.2) is 42.5 Å². The Morgan fingerprint density at radius 2 is 1.74 bits per heavy atom. The molecule has 3 heterocycles. The maximum atomic E-state index is 13.5. The van der Waals surface area contributed by atoms with Gasteiger partial charge >= 0.3 is 0 Å². The van der Waals surface area contributed by atoms with E-state index in [1.807, 2.05) is 25.1 Å². The fraction of sp³-hybridized carbons (Fsp3) is 0.536. The zero-order chi connectivity index (χ0) is 23.4. The van der Waals surface area contributed by atoms with Crippen molar-refractivity contribution in [3.8, 4) is 17.2 Å². The normalized spacial score (nSPS) is 23.1. The van der Waals surface area contributed by atoms with Gasteiger partial charge in [0.15, 0.2) is 11.5 Å². The highest BCUT2D eigenvalue weighted by atomic mass is 16.6. The lowest BCUT2D eigenvalue weighted by Gasteiger charge is -2.41. The van der Waals surface area contributed by atoms with E-state index in [-0.39, 0.29) is 17.4 Å². The molecule has 0 radical (unpaired) electrons. The lowest BCUT2D eigenvalue weighted by atomic mass is 9.73. The fourth-order valence-corrected chi connectivity index (χ4v) is 5.44. The Morgan fingerprint density at radius 1 is 0.941 bits per heavy atom. The Kier molecular flexibility index (Phi) is 6.95. The Morgan fingerprint density at radius 3 is 2.59 bits per heavy atom. The molecule has 1 atom stereocenters. The highest BCUT2D eigenvalue weighted by molar-refractivity contribution is 5.83. The number of piperidine rings is 1. The number of amides is 1. The topological polar surface area (TPSA) is 60.0 Å². The first-order chi connectivity index (χ1) is 16.6. The van der Waals surface area contributed by atoms with Gasteiger partial charge < -0.3 is 19.5 Å². The summed E-state index contributed by atoms with van der Waals surface area (Å²) < 4.78 is 17.5. The van der Waals surface area contributed by atoms with Crippen LogP contribution >= 0.6 is 0 Å². The molecule has 0 aliphatic carbocycles. The fourth-order valence-electron chi connectivity index (χ4n) is 5.44. The minimum absolute atomic E-state index is 0.0207. The second-order valence-electron chi connectivity index (χ2n) is 10.0. The van der Waals surface area contributed by atoms with Gasteiger partial charge in [-0.25, -0.2) is 0 Å². The largest absolute Gasteiger partial charge is 0.491 e. The van der Waals surface area contributed by atoms with E-state index in [0.29, 0.717) is 19.8 Å². The Hall–Kier alpha value is -2.73.